The van der Waals surface area contributed by atoms with Gasteiger partial charge in [-0.2, -0.15) is 0 Å². The number of hydrogen-bond acceptors (Lipinski definition) is 3. The molecule has 1 heterocycles. The Morgan fingerprint density at radius 3 is 3.07 bits per heavy atom. The van der Waals surface area contributed by atoms with Crippen molar-refractivity contribution >= 4 is 11.8 Å². The molecule has 0 radical (unpaired) electrons. The molecule has 1 aromatic rings. The van der Waals surface area contributed by atoms with Crippen LogP contribution >= 0.6 is 0 Å². The van der Waals surface area contributed by atoms with Crippen molar-refractivity contribution in [1.82, 2.24) is 4.98 Å². The molecule has 1 rings (SSSR count). The summed E-state index contributed by atoms with van der Waals surface area (Å²) in [4.78, 5) is 14.6. The largest absolute Gasteiger partial charge is 0.477 e. The van der Waals surface area contributed by atoms with E-state index in [2.05, 4.69) is 16.9 Å². The summed E-state index contributed by atoms with van der Waals surface area (Å²) >= 11 is 0. The Hall–Kier alpha value is -1.84. The highest BCUT2D eigenvalue weighted by Gasteiger charge is 2.03. The molecule has 2 N–H and O–H groups in total. The lowest BCUT2D eigenvalue weighted by Crippen LogP contribution is -2.06. The van der Waals surface area contributed by atoms with Crippen LogP contribution in [0.4, 0.5) is 5.82 Å². The van der Waals surface area contributed by atoms with Gasteiger partial charge in [0.25, 0.3) is 0 Å². The van der Waals surface area contributed by atoms with Crippen LogP contribution in [0.5, 0.6) is 0 Å². The molecule has 0 spiro atoms. The van der Waals surface area contributed by atoms with Crippen LogP contribution in [0.1, 0.15) is 23.3 Å². The summed E-state index contributed by atoms with van der Waals surface area (Å²) in [5.41, 5.74) is 0.0590. The number of nitrogens with zero attached hydrogens (tertiary/aromatic N) is 1. The van der Waals surface area contributed by atoms with Gasteiger partial charge in [-0.1, -0.05) is 12.1 Å². The number of carboxylic acids is 1. The summed E-state index contributed by atoms with van der Waals surface area (Å²) in [6, 6.07) is 4.89. The lowest BCUT2D eigenvalue weighted by molar-refractivity contribution is 0.0690. The summed E-state index contributed by atoms with van der Waals surface area (Å²) in [7, 11) is 0. The predicted octanol–water partition coefficient (Wildman–Crippen LogP) is 2.16. The maximum absolute atomic E-state index is 10.6. The van der Waals surface area contributed by atoms with E-state index >= 15 is 0 Å². The number of unbranched alkanes of at least 4 members (excludes halogenated alkanes) is 1. The smallest absolute Gasteiger partial charge is 0.354 e. The number of rotatable bonds is 6. The third-order valence-corrected chi connectivity index (χ3v) is 1.86. The molecule has 0 unspecified atom stereocenters. The van der Waals surface area contributed by atoms with Gasteiger partial charge >= 0.3 is 5.97 Å². The summed E-state index contributed by atoms with van der Waals surface area (Å²) in [6.07, 6.45) is 3.75. The van der Waals surface area contributed by atoms with Gasteiger partial charge in [-0.3, -0.25) is 0 Å². The molecule has 0 bridgehead atoms. The van der Waals surface area contributed by atoms with Gasteiger partial charge in [0.05, 0.1) is 0 Å². The third kappa shape index (κ3) is 3.81. The number of aromatic nitrogens is 1. The van der Waals surface area contributed by atoms with Crippen molar-refractivity contribution in [2.45, 2.75) is 12.8 Å². The number of carbonyl (C=O) groups is 1. The number of aromatic carboxylic acids is 1. The van der Waals surface area contributed by atoms with Gasteiger partial charge in [-0.25, -0.2) is 9.78 Å². The fourth-order valence-corrected chi connectivity index (χ4v) is 1.12. The Morgan fingerprint density at radius 1 is 1.60 bits per heavy atom. The summed E-state index contributed by atoms with van der Waals surface area (Å²) < 4.78 is 0. The van der Waals surface area contributed by atoms with E-state index < -0.39 is 5.97 Å². The molecule has 0 amide bonds. The maximum Gasteiger partial charge on any atom is 0.354 e. The lowest BCUT2D eigenvalue weighted by atomic mass is 10.3. The highest BCUT2D eigenvalue weighted by Crippen LogP contribution is 2.05. The fraction of sp³-hybridized carbons (Fsp3) is 0.273. The second-order valence-electron chi connectivity index (χ2n) is 3.07. The van der Waals surface area contributed by atoms with E-state index in [1.54, 1.807) is 12.1 Å². The SMILES string of the molecule is C=CCCCNc1cccc(C(=O)O)n1. The maximum atomic E-state index is 10.6. The van der Waals surface area contributed by atoms with Gasteiger partial charge in [0.15, 0.2) is 5.69 Å². The van der Waals surface area contributed by atoms with Crippen molar-refractivity contribution in [2.75, 3.05) is 11.9 Å². The first-order valence-electron chi connectivity index (χ1n) is 4.79. The van der Waals surface area contributed by atoms with Gasteiger partial charge in [0.2, 0.25) is 0 Å². The van der Waals surface area contributed by atoms with Gasteiger partial charge in [0.1, 0.15) is 5.82 Å². The fourth-order valence-electron chi connectivity index (χ4n) is 1.12. The zero-order chi connectivity index (χ0) is 11.1. The zero-order valence-electron chi connectivity index (χ0n) is 8.44. The van der Waals surface area contributed by atoms with Crippen molar-refractivity contribution in [2.24, 2.45) is 0 Å². The molecular formula is C11H14N2O2. The first-order valence-corrected chi connectivity index (χ1v) is 4.79. The monoisotopic (exact) mass is 206 g/mol. The summed E-state index contributed by atoms with van der Waals surface area (Å²) in [5.74, 6) is -0.413. The third-order valence-electron chi connectivity index (χ3n) is 1.86. The van der Waals surface area contributed by atoms with Gasteiger partial charge in [-0.15, -0.1) is 6.58 Å². The molecule has 80 valence electrons. The average Bonchev–Trinajstić information content (AvgIpc) is 2.25. The Kier molecular flexibility index (Phi) is 4.34. The number of anilines is 1. The van der Waals surface area contributed by atoms with Crippen LogP contribution in [-0.4, -0.2) is 22.6 Å². The van der Waals surface area contributed by atoms with E-state index in [9.17, 15) is 4.79 Å². The minimum atomic E-state index is -1.01. The minimum absolute atomic E-state index is 0.0590. The highest BCUT2D eigenvalue weighted by atomic mass is 16.4. The number of allylic oxidation sites excluding steroid dienone is 1. The summed E-state index contributed by atoms with van der Waals surface area (Å²) in [5, 5.41) is 11.8. The molecule has 4 nitrogen and oxygen atoms in total. The quantitative estimate of drug-likeness (QED) is 0.553. The molecule has 0 aliphatic heterocycles. The Morgan fingerprint density at radius 2 is 2.40 bits per heavy atom. The molecular weight excluding hydrogens is 192 g/mol. The molecule has 0 aromatic carbocycles. The number of carboxylic acid groups (broad SMARTS) is 1. The van der Waals surface area contributed by atoms with Gasteiger partial charge < -0.3 is 10.4 Å². The van der Waals surface area contributed by atoms with Crippen LogP contribution in [0.3, 0.4) is 0 Å². The number of nitrogens with one attached hydrogen (secondary N) is 1. The molecule has 0 atom stereocenters. The van der Waals surface area contributed by atoms with E-state index in [0.29, 0.717) is 5.82 Å². The van der Waals surface area contributed by atoms with Crippen molar-refractivity contribution in [1.29, 1.82) is 0 Å². The van der Waals surface area contributed by atoms with Crippen LogP contribution in [0.15, 0.2) is 30.9 Å². The summed E-state index contributed by atoms with van der Waals surface area (Å²) in [6.45, 7) is 4.39. The lowest BCUT2D eigenvalue weighted by Gasteiger charge is -2.04. The van der Waals surface area contributed by atoms with E-state index in [1.807, 2.05) is 6.08 Å². The second kappa shape index (κ2) is 5.80. The second-order valence-corrected chi connectivity index (χ2v) is 3.07. The molecule has 0 fully saturated rings. The number of pyridine rings is 1. The van der Waals surface area contributed by atoms with E-state index in [-0.39, 0.29) is 5.69 Å². The van der Waals surface area contributed by atoms with Crippen molar-refractivity contribution in [3.8, 4) is 0 Å². The predicted molar refractivity (Wildman–Crippen MR) is 59.1 cm³/mol. The van der Waals surface area contributed by atoms with Crippen LogP contribution < -0.4 is 5.32 Å². The molecule has 0 saturated carbocycles. The molecule has 4 heteroatoms. The highest BCUT2D eigenvalue weighted by molar-refractivity contribution is 5.85. The van der Waals surface area contributed by atoms with Gasteiger partial charge in [-0.05, 0) is 25.0 Å². The molecule has 15 heavy (non-hydrogen) atoms. The van der Waals surface area contributed by atoms with Crippen molar-refractivity contribution in [3.63, 3.8) is 0 Å². The van der Waals surface area contributed by atoms with Crippen LogP contribution in [0.25, 0.3) is 0 Å². The zero-order valence-corrected chi connectivity index (χ0v) is 8.44. The Bertz CT molecular complexity index is 350. The Balaban J connectivity index is 2.50. The average molecular weight is 206 g/mol. The van der Waals surface area contributed by atoms with Crippen molar-refractivity contribution in [3.05, 3.63) is 36.5 Å². The normalized spacial score (nSPS) is 9.60. The van der Waals surface area contributed by atoms with Crippen LogP contribution in [0, 0.1) is 0 Å². The molecule has 0 aliphatic rings. The van der Waals surface area contributed by atoms with Gasteiger partial charge in [0, 0.05) is 6.54 Å². The van der Waals surface area contributed by atoms with Crippen molar-refractivity contribution < 1.29 is 9.90 Å². The first kappa shape index (κ1) is 11.2. The number of hydrogen-bond donors (Lipinski definition) is 2. The minimum Gasteiger partial charge on any atom is -0.477 e. The van der Waals surface area contributed by atoms with Crippen LogP contribution in [0.2, 0.25) is 0 Å². The topological polar surface area (TPSA) is 62.2 Å². The van der Waals surface area contributed by atoms with E-state index in [4.69, 9.17) is 5.11 Å². The molecule has 0 saturated heterocycles. The standard InChI is InChI=1S/C11H14N2O2/c1-2-3-4-8-12-10-7-5-6-9(13-10)11(14)15/h2,5-7H,1,3-4,8H2,(H,12,13)(H,14,15). The van der Waals surface area contributed by atoms with E-state index in [0.717, 1.165) is 19.4 Å². The van der Waals surface area contributed by atoms with Crippen LogP contribution in [-0.2, 0) is 0 Å². The molecule has 1 aromatic heterocycles. The van der Waals surface area contributed by atoms with E-state index in [1.165, 1.54) is 6.07 Å². The molecule has 0 aliphatic carbocycles. The Labute approximate surface area is 88.7 Å². The first-order chi connectivity index (χ1) is 7.24.